The summed E-state index contributed by atoms with van der Waals surface area (Å²) in [6.45, 7) is 3.69. The molecule has 1 N–H and O–H groups in total. The molecule has 3 heterocycles. The smallest absolute Gasteiger partial charge is 0.270 e. The lowest BCUT2D eigenvalue weighted by atomic mass is 10.2. The van der Waals surface area contributed by atoms with E-state index in [1.807, 2.05) is 26.0 Å². The van der Waals surface area contributed by atoms with Crippen molar-refractivity contribution in [1.29, 1.82) is 0 Å². The molecule has 3 rings (SSSR count). The van der Waals surface area contributed by atoms with Crippen molar-refractivity contribution in [3.8, 4) is 0 Å². The Morgan fingerprint density at radius 2 is 2.00 bits per heavy atom. The van der Waals surface area contributed by atoms with E-state index in [0.717, 1.165) is 11.3 Å². The molecule has 0 bridgehead atoms. The van der Waals surface area contributed by atoms with E-state index in [2.05, 4.69) is 15.3 Å². The summed E-state index contributed by atoms with van der Waals surface area (Å²) < 4.78 is 1.37. The Morgan fingerprint density at radius 3 is 2.77 bits per heavy atom. The van der Waals surface area contributed by atoms with Gasteiger partial charge in [0.15, 0.2) is 0 Å². The molecule has 22 heavy (non-hydrogen) atoms. The van der Waals surface area contributed by atoms with Gasteiger partial charge in [0.05, 0.1) is 0 Å². The van der Waals surface area contributed by atoms with Gasteiger partial charge in [-0.25, -0.2) is 9.97 Å². The van der Waals surface area contributed by atoms with E-state index >= 15 is 0 Å². The number of hydrogen-bond acceptors (Lipinski definition) is 4. The van der Waals surface area contributed by atoms with Gasteiger partial charge in [0, 0.05) is 18.1 Å². The Labute approximate surface area is 126 Å². The number of aromatic nitrogens is 3. The minimum absolute atomic E-state index is 0.0218. The molecule has 0 aromatic carbocycles. The van der Waals surface area contributed by atoms with Crippen molar-refractivity contribution < 1.29 is 4.79 Å². The number of carbonyl (C=O) groups is 1. The summed E-state index contributed by atoms with van der Waals surface area (Å²) in [6.07, 6.45) is 2.95. The first kappa shape index (κ1) is 13.9. The van der Waals surface area contributed by atoms with Gasteiger partial charge in [-0.05, 0) is 37.6 Å². The summed E-state index contributed by atoms with van der Waals surface area (Å²) in [5.74, 6) is -0.120. The maximum Gasteiger partial charge on any atom is 0.270 e. The average molecular weight is 294 g/mol. The molecule has 0 atom stereocenters. The van der Waals surface area contributed by atoms with Crippen LogP contribution in [0.5, 0.6) is 0 Å². The standard InChI is InChI=1S/C16H14N4O2/c1-10-6-7-14-17-8-12(16(22)20(14)9-10)15(21)19-13-5-3-4-11(2)18-13/h3-9H,1-2H3,(H,18,19,21). The maximum atomic E-state index is 12.4. The summed E-state index contributed by atoms with van der Waals surface area (Å²) in [5, 5.41) is 2.62. The third-order valence-electron chi connectivity index (χ3n) is 3.22. The first-order valence-electron chi connectivity index (χ1n) is 6.77. The van der Waals surface area contributed by atoms with Crippen LogP contribution in [0.2, 0.25) is 0 Å². The van der Waals surface area contributed by atoms with E-state index < -0.39 is 11.5 Å². The van der Waals surface area contributed by atoms with Crippen LogP contribution in [-0.2, 0) is 0 Å². The number of anilines is 1. The summed E-state index contributed by atoms with van der Waals surface area (Å²) in [7, 11) is 0. The van der Waals surface area contributed by atoms with Crippen LogP contribution in [-0.4, -0.2) is 20.3 Å². The van der Waals surface area contributed by atoms with Crippen molar-refractivity contribution in [2.45, 2.75) is 13.8 Å². The third-order valence-corrected chi connectivity index (χ3v) is 3.22. The number of amides is 1. The highest BCUT2D eigenvalue weighted by Crippen LogP contribution is 2.06. The molecule has 0 fully saturated rings. The van der Waals surface area contributed by atoms with Gasteiger partial charge < -0.3 is 5.32 Å². The molecule has 6 heteroatoms. The van der Waals surface area contributed by atoms with Crippen LogP contribution >= 0.6 is 0 Å². The molecule has 0 aliphatic heterocycles. The SMILES string of the molecule is Cc1ccc2ncc(C(=O)Nc3cccc(C)n3)c(=O)n2c1. The van der Waals surface area contributed by atoms with Gasteiger partial charge in [-0.1, -0.05) is 12.1 Å². The second-order valence-corrected chi connectivity index (χ2v) is 5.03. The number of nitrogens with zero attached hydrogens (tertiary/aromatic N) is 3. The largest absolute Gasteiger partial charge is 0.306 e. The van der Waals surface area contributed by atoms with Crippen LogP contribution in [0.25, 0.3) is 5.65 Å². The van der Waals surface area contributed by atoms with Crippen LogP contribution in [0.15, 0.2) is 47.5 Å². The summed E-state index contributed by atoms with van der Waals surface area (Å²) >= 11 is 0. The van der Waals surface area contributed by atoms with Gasteiger partial charge in [-0.15, -0.1) is 0 Å². The topological polar surface area (TPSA) is 76.4 Å². The minimum atomic E-state index is -0.522. The summed E-state index contributed by atoms with van der Waals surface area (Å²) in [4.78, 5) is 33.0. The monoisotopic (exact) mass is 294 g/mol. The van der Waals surface area contributed by atoms with Gasteiger partial charge in [-0.3, -0.25) is 14.0 Å². The third kappa shape index (κ3) is 2.58. The van der Waals surface area contributed by atoms with E-state index in [0.29, 0.717) is 11.5 Å². The molecule has 0 saturated heterocycles. The molecule has 0 spiro atoms. The van der Waals surface area contributed by atoms with Crippen molar-refractivity contribution in [3.05, 3.63) is 69.9 Å². The number of hydrogen-bond donors (Lipinski definition) is 1. The molecule has 0 aliphatic carbocycles. The molecule has 0 aliphatic rings. The quantitative estimate of drug-likeness (QED) is 0.784. The van der Waals surface area contributed by atoms with Crippen LogP contribution < -0.4 is 10.9 Å². The molecule has 110 valence electrons. The fourth-order valence-electron chi connectivity index (χ4n) is 2.13. The molecular weight excluding hydrogens is 280 g/mol. The lowest BCUT2D eigenvalue weighted by molar-refractivity contribution is 0.102. The molecule has 1 amide bonds. The number of aryl methyl sites for hydroxylation is 2. The molecule has 3 aromatic heterocycles. The molecule has 0 radical (unpaired) electrons. The number of fused-ring (bicyclic) bond motifs is 1. The Balaban J connectivity index is 2.01. The number of rotatable bonds is 2. The molecular formula is C16H14N4O2. The van der Waals surface area contributed by atoms with Crippen molar-refractivity contribution in [1.82, 2.24) is 14.4 Å². The lowest BCUT2D eigenvalue weighted by Crippen LogP contribution is -2.27. The Morgan fingerprint density at radius 1 is 1.18 bits per heavy atom. The first-order valence-corrected chi connectivity index (χ1v) is 6.77. The second kappa shape index (κ2) is 5.40. The molecule has 0 unspecified atom stereocenters. The number of nitrogens with one attached hydrogen (secondary N) is 1. The zero-order valence-electron chi connectivity index (χ0n) is 12.2. The molecule has 0 saturated carbocycles. The highest BCUT2D eigenvalue weighted by molar-refractivity contribution is 6.03. The summed E-state index contributed by atoms with van der Waals surface area (Å²) in [6, 6.07) is 8.87. The minimum Gasteiger partial charge on any atom is -0.306 e. The number of carbonyl (C=O) groups excluding carboxylic acids is 1. The molecule has 3 aromatic rings. The lowest BCUT2D eigenvalue weighted by Gasteiger charge is -2.06. The van der Waals surface area contributed by atoms with E-state index in [1.54, 1.807) is 24.4 Å². The number of pyridine rings is 2. The van der Waals surface area contributed by atoms with Gasteiger partial charge in [0.1, 0.15) is 17.0 Å². The Kier molecular flexibility index (Phi) is 3.42. The highest BCUT2D eigenvalue weighted by Gasteiger charge is 2.14. The molecule has 6 nitrogen and oxygen atoms in total. The van der Waals surface area contributed by atoms with Crippen molar-refractivity contribution >= 4 is 17.4 Å². The Bertz CT molecular complexity index is 931. The fourth-order valence-corrected chi connectivity index (χ4v) is 2.13. The van der Waals surface area contributed by atoms with E-state index in [4.69, 9.17) is 0 Å². The van der Waals surface area contributed by atoms with E-state index in [-0.39, 0.29) is 5.56 Å². The predicted octanol–water partition coefficient (Wildman–Crippen LogP) is 1.96. The zero-order chi connectivity index (χ0) is 15.7. The van der Waals surface area contributed by atoms with Gasteiger partial charge in [-0.2, -0.15) is 0 Å². The van der Waals surface area contributed by atoms with Crippen molar-refractivity contribution in [3.63, 3.8) is 0 Å². The summed E-state index contributed by atoms with van der Waals surface area (Å²) in [5.41, 5.74) is 1.77. The zero-order valence-corrected chi connectivity index (χ0v) is 12.2. The first-order chi connectivity index (χ1) is 10.5. The second-order valence-electron chi connectivity index (χ2n) is 5.03. The highest BCUT2D eigenvalue weighted by atomic mass is 16.2. The normalized spacial score (nSPS) is 10.6. The fraction of sp³-hybridized carbons (Fsp3) is 0.125. The van der Waals surface area contributed by atoms with Gasteiger partial charge in [0.25, 0.3) is 11.5 Å². The van der Waals surface area contributed by atoms with Crippen LogP contribution in [0.1, 0.15) is 21.6 Å². The Hall–Kier alpha value is -3.02. The van der Waals surface area contributed by atoms with Crippen molar-refractivity contribution in [2.24, 2.45) is 0 Å². The van der Waals surface area contributed by atoms with E-state index in [9.17, 15) is 9.59 Å². The van der Waals surface area contributed by atoms with Crippen LogP contribution in [0, 0.1) is 13.8 Å². The van der Waals surface area contributed by atoms with Gasteiger partial charge in [0.2, 0.25) is 0 Å². The van der Waals surface area contributed by atoms with Crippen molar-refractivity contribution in [2.75, 3.05) is 5.32 Å². The van der Waals surface area contributed by atoms with Gasteiger partial charge >= 0.3 is 0 Å². The van der Waals surface area contributed by atoms with E-state index in [1.165, 1.54) is 10.6 Å². The maximum absolute atomic E-state index is 12.4. The van der Waals surface area contributed by atoms with Crippen LogP contribution in [0.4, 0.5) is 5.82 Å². The predicted molar refractivity (Wildman–Crippen MR) is 83.1 cm³/mol. The van der Waals surface area contributed by atoms with Crippen LogP contribution in [0.3, 0.4) is 0 Å². The average Bonchev–Trinajstić information content (AvgIpc) is 2.48.